The third-order valence-corrected chi connectivity index (χ3v) is 9.94. The van der Waals surface area contributed by atoms with Crippen molar-refractivity contribution in [2.75, 3.05) is 32.6 Å². The molecule has 204 valence electrons. The van der Waals surface area contributed by atoms with Crippen LogP contribution in [0.1, 0.15) is 42.3 Å². The average Bonchev–Trinajstić information content (AvgIpc) is 3.29. The Morgan fingerprint density at radius 2 is 1.64 bits per heavy atom. The van der Waals surface area contributed by atoms with Gasteiger partial charge in [0.15, 0.2) is 0 Å². The lowest BCUT2D eigenvalue weighted by molar-refractivity contribution is 0.0936. The lowest BCUT2D eigenvalue weighted by Gasteiger charge is -2.28. The summed E-state index contributed by atoms with van der Waals surface area (Å²) in [5.41, 5.74) is 3.41. The molecule has 3 aromatic rings. The van der Waals surface area contributed by atoms with Crippen LogP contribution in [0.15, 0.2) is 53.4 Å². The van der Waals surface area contributed by atoms with E-state index in [0.717, 1.165) is 35.2 Å². The van der Waals surface area contributed by atoms with Crippen molar-refractivity contribution in [2.45, 2.75) is 30.8 Å². The van der Waals surface area contributed by atoms with Gasteiger partial charge in [-0.3, -0.25) is 14.9 Å². The molecule has 0 bridgehead atoms. The van der Waals surface area contributed by atoms with E-state index in [1.165, 1.54) is 39.9 Å². The average molecular weight is 569 g/mol. The van der Waals surface area contributed by atoms with Crippen LogP contribution in [0.5, 0.6) is 0 Å². The molecule has 2 N–H and O–H groups in total. The van der Waals surface area contributed by atoms with Crippen molar-refractivity contribution in [3.05, 3.63) is 81.2 Å². The van der Waals surface area contributed by atoms with Gasteiger partial charge in [0.1, 0.15) is 5.00 Å². The fraction of sp³-hybridized carbons (Fsp3) is 0.296. The maximum atomic E-state index is 13.3. The highest BCUT2D eigenvalue weighted by Gasteiger charge is 2.30. The number of thiophene rings is 1. The number of nitrogens with one attached hydrogen (secondary N) is 2. The Hall–Kier alpha value is -3.58. The Labute approximate surface area is 230 Å². The summed E-state index contributed by atoms with van der Waals surface area (Å²) in [4.78, 5) is 40.9. The van der Waals surface area contributed by atoms with Crippen LogP contribution in [0.4, 0.5) is 9.80 Å². The Morgan fingerprint density at radius 1 is 0.923 bits per heavy atom. The molecule has 0 unspecified atom stereocenters. The van der Waals surface area contributed by atoms with E-state index in [-0.39, 0.29) is 16.0 Å². The molecule has 10 nitrogen and oxygen atoms in total. The number of methoxy groups -OCH3 is 1. The first-order valence-corrected chi connectivity index (χ1v) is 14.6. The molecule has 39 heavy (non-hydrogen) atoms. The molecule has 0 atom stereocenters. The molecular weight excluding hydrogens is 540 g/mol. The first kappa shape index (κ1) is 27.0. The van der Waals surface area contributed by atoms with Gasteiger partial charge in [0.05, 0.1) is 17.6 Å². The largest absolute Gasteiger partial charge is 0.453 e. The molecular formula is C27H28N4O6S2. The summed E-state index contributed by atoms with van der Waals surface area (Å²) in [6.07, 6.45) is 0.344. The normalized spacial score (nSPS) is 15.6. The van der Waals surface area contributed by atoms with Crippen LogP contribution in [0, 0.1) is 0 Å². The van der Waals surface area contributed by atoms with Crippen molar-refractivity contribution >= 4 is 44.3 Å². The van der Waals surface area contributed by atoms with Gasteiger partial charge >= 0.3 is 6.09 Å². The van der Waals surface area contributed by atoms with E-state index in [0.29, 0.717) is 37.5 Å². The van der Waals surface area contributed by atoms with Gasteiger partial charge in [0, 0.05) is 36.6 Å². The number of imide groups is 1. The summed E-state index contributed by atoms with van der Waals surface area (Å²) in [7, 11) is -0.613. The van der Waals surface area contributed by atoms with Crippen LogP contribution >= 0.6 is 11.3 Å². The molecule has 0 spiro atoms. The molecule has 0 fully saturated rings. The third-order valence-electron chi connectivity index (χ3n) is 6.95. The van der Waals surface area contributed by atoms with Gasteiger partial charge in [-0.05, 0) is 60.8 Å². The number of likely N-dealkylation sites (N-methyl/N-ethyl adjacent to an activating group) is 1. The summed E-state index contributed by atoms with van der Waals surface area (Å²) < 4.78 is 32.6. The number of hydrogen-bond acceptors (Lipinski definition) is 8. The minimum atomic E-state index is -3.74. The van der Waals surface area contributed by atoms with Crippen molar-refractivity contribution in [3.63, 3.8) is 0 Å². The standard InChI is InChI=1S/C27H28N4O6S2/c1-30-13-12-21-22(16-30)38-26(23(21)25(33)29-27(34)37-2)28-24(32)18-7-9-20(10-8-18)39(35,36)31-14-11-17-5-3-4-6-19(17)15-31/h3-10H,11-16H2,1-2H3,(H,28,32)(H,29,33,34). The van der Waals surface area contributed by atoms with E-state index in [1.807, 2.05) is 31.3 Å². The highest BCUT2D eigenvalue weighted by atomic mass is 32.2. The monoisotopic (exact) mass is 568 g/mol. The van der Waals surface area contributed by atoms with Gasteiger partial charge in [-0.15, -0.1) is 11.3 Å². The molecule has 2 aromatic carbocycles. The number of hydrogen-bond donors (Lipinski definition) is 2. The second-order valence-electron chi connectivity index (χ2n) is 9.48. The number of rotatable bonds is 5. The maximum Gasteiger partial charge on any atom is 0.413 e. The Morgan fingerprint density at radius 3 is 2.36 bits per heavy atom. The third kappa shape index (κ3) is 5.46. The summed E-state index contributed by atoms with van der Waals surface area (Å²) >= 11 is 1.28. The molecule has 0 saturated heterocycles. The first-order chi connectivity index (χ1) is 18.7. The van der Waals surface area contributed by atoms with Crippen molar-refractivity contribution in [2.24, 2.45) is 0 Å². The molecule has 12 heteroatoms. The van der Waals surface area contributed by atoms with E-state index in [2.05, 4.69) is 20.3 Å². The SMILES string of the molecule is COC(=O)NC(=O)c1c(NC(=O)c2ccc(S(=O)(=O)N3CCc4ccccc4C3)cc2)sc2c1CCN(C)C2. The molecule has 2 aliphatic rings. The number of ether oxygens (including phenoxy) is 1. The number of anilines is 1. The van der Waals surface area contributed by atoms with Crippen LogP contribution in [-0.4, -0.2) is 62.8 Å². The molecule has 3 heterocycles. The fourth-order valence-corrected chi connectivity index (χ4v) is 7.58. The predicted octanol–water partition coefficient (Wildman–Crippen LogP) is 3.23. The van der Waals surface area contributed by atoms with Gasteiger partial charge < -0.3 is 15.0 Å². The quantitative estimate of drug-likeness (QED) is 0.484. The topological polar surface area (TPSA) is 125 Å². The molecule has 5 rings (SSSR count). The van der Waals surface area contributed by atoms with Crippen molar-refractivity contribution < 1.29 is 27.5 Å². The van der Waals surface area contributed by atoms with E-state index in [9.17, 15) is 22.8 Å². The van der Waals surface area contributed by atoms with Gasteiger partial charge in [-0.1, -0.05) is 24.3 Å². The van der Waals surface area contributed by atoms with Crippen LogP contribution in [0.3, 0.4) is 0 Å². The van der Waals surface area contributed by atoms with Gasteiger partial charge in [-0.25, -0.2) is 13.2 Å². The number of nitrogens with zero attached hydrogens (tertiary/aromatic N) is 2. The number of amides is 3. The van der Waals surface area contributed by atoms with Crippen LogP contribution in [-0.2, 0) is 40.7 Å². The smallest absolute Gasteiger partial charge is 0.413 e. The second-order valence-corrected chi connectivity index (χ2v) is 12.5. The van der Waals surface area contributed by atoms with Crippen molar-refractivity contribution in [1.29, 1.82) is 0 Å². The zero-order chi connectivity index (χ0) is 27.7. The Bertz CT molecular complexity index is 1550. The summed E-state index contributed by atoms with van der Waals surface area (Å²) in [5, 5.41) is 5.29. The number of sulfonamides is 1. The van der Waals surface area contributed by atoms with E-state index in [1.54, 1.807) is 0 Å². The van der Waals surface area contributed by atoms with Gasteiger partial charge in [0.25, 0.3) is 11.8 Å². The summed E-state index contributed by atoms with van der Waals surface area (Å²) in [6.45, 7) is 2.03. The molecule has 0 radical (unpaired) electrons. The molecule has 0 aliphatic carbocycles. The van der Waals surface area contributed by atoms with Crippen LogP contribution in [0.25, 0.3) is 0 Å². The van der Waals surface area contributed by atoms with Crippen LogP contribution < -0.4 is 10.6 Å². The van der Waals surface area contributed by atoms with Gasteiger partial charge in [-0.2, -0.15) is 4.31 Å². The first-order valence-electron chi connectivity index (χ1n) is 12.4. The number of benzene rings is 2. The van der Waals surface area contributed by atoms with Crippen LogP contribution in [0.2, 0.25) is 0 Å². The maximum absolute atomic E-state index is 13.3. The predicted molar refractivity (Wildman–Crippen MR) is 146 cm³/mol. The summed E-state index contributed by atoms with van der Waals surface area (Å²) in [5.74, 6) is -1.14. The highest BCUT2D eigenvalue weighted by molar-refractivity contribution is 7.89. The lowest BCUT2D eigenvalue weighted by Crippen LogP contribution is -2.35. The van der Waals surface area contributed by atoms with E-state index < -0.39 is 27.9 Å². The highest BCUT2D eigenvalue weighted by Crippen LogP contribution is 2.37. The number of carbonyl (C=O) groups excluding carboxylic acids is 3. The number of carbonyl (C=O) groups is 3. The number of alkyl carbamates (subject to hydrolysis) is 1. The fourth-order valence-electron chi connectivity index (χ4n) is 4.84. The zero-order valence-electron chi connectivity index (χ0n) is 21.5. The number of fused-ring (bicyclic) bond motifs is 2. The minimum absolute atomic E-state index is 0.103. The van der Waals surface area contributed by atoms with Crippen molar-refractivity contribution in [1.82, 2.24) is 14.5 Å². The minimum Gasteiger partial charge on any atom is -0.453 e. The molecule has 1 aromatic heterocycles. The second kappa shape index (κ2) is 10.9. The lowest BCUT2D eigenvalue weighted by atomic mass is 10.0. The molecule has 0 saturated carbocycles. The molecule has 2 aliphatic heterocycles. The summed E-state index contributed by atoms with van der Waals surface area (Å²) in [6, 6.07) is 13.5. The van der Waals surface area contributed by atoms with Crippen molar-refractivity contribution in [3.8, 4) is 0 Å². The zero-order valence-corrected chi connectivity index (χ0v) is 23.2. The van der Waals surface area contributed by atoms with E-state index in [4.69, 9.17) is 0 Å². The Balaban J connectivity index is 1.35. The van der Waals surface area contributed by atoms with Gasteiger partial charge in [0.2, 0.25) is 10.0 Å². The van der Waals surface area contributed by atoms with E-state index >= 15 is 0 Å². The molecule has 3 amide bonds. The Kier molecular flexibility index (Phi) is 7.54.